The molecule has 0 saturated heterocycles. The first-order chi connectivity index (χ1) is 6.45. The summed E-state index contributed by atoms with van der Waals surface area (Å²) in [5.74, 6) is -10.0. The topological polar surface area (TPSA) is 0 Å². The van der Waals surface area contributed by atoms with Crippen LogP contribution in [-0.2, 0) is 0 Å². The third-order valence-corrected chi connectivity index (χ3v) is 0.990. The molecule has 0 fully saturated rings. The van der Waals surface area contributed by atoms with Crippen molar-refractivity contribution in [3.05, 3.63) is 35.2 Å². The Hall–Kier alpha value is 0.216. The fourth-order valence-electron chi connectivity index (χ4n) is 0.495. The zero-order valence-corrected chi connectivity index (χ0v) is 9.28. The maximum Gasteiger partial charge on any atom is 0.618 e. The predicted molar refractivity (Wildman–Crippen MR) is 42.5 cm³/mol. The summed E-state index contributed by atoms with van der Waals surface area (Å²) in [5, 5.41) is 0. The molecule has 0 spiro atoms. The standard InChI is InChI=1S/C6F5.2ClH.Mg/c7-2-1-3(8)5(10)6(11)4(2)9;;;/h;2*1H;/q;;;+2/p-2. The van der Waals surface area contributed by atoms with Gasteiger partial charge in [0.2, 0.25) is 5.82 Å². The highest BCUT2D eigenvalue weighted by Crippen LogP contribution is 2.16. The van der Waals surface area contributed by atoms with Gasteiger partial charge in [-0.2, -0.15) is 0 Å². The molecule has 0 heterocycles. The van der Waals surface area contributed by atoms with Gasteiger partial charge in [0.05, 0.1) is 6.07 Å². The van der Waals surface area contributed by atoms with Crippen LogP contribution in [0.15, 0.2) is 0 Å². The molecule has 0 amide bonds. The van der Waals surface area contributed by atoms with Crippen LogP contribution in [0.3, 0.4) is 0 Å². The van der Waals surface area contributed by atoms with E-state index in [0.717, 1.165) is 6.07 Å². The van der Waals surface area contributed by atoms with Crippen LogP contribution >= 0.6 is 18.1 Å². The number of hydrogen-bond acceptors (Lipinski definition) is 0. The van der Waals surface area contributed by atoms with E-state index in [9.17, 15) is 22.0 Å². The van der Waals surface area contributed by atoms with Crippen LogP contribution in [0.2, 0.25) is 0 Å². The number of halogens is 7. The van der Waals surface area contributed by atoms with Crippen molar-refractivity contribution in [1.82, 2.24) is 0 Å². The summed E-state index contributed by atoms with van der Waals surface area (Å²) in [6.45, 7) is 0. The number of benzene rings is 1. The predicted octanol–water partition coefficient (Wildman–Crippen LogP) is 3.18. The quantitative estimate of drug-likeness (QED) is 0.291. The third-order valence-electron chi connectivity index (χ3n) is 0.990. The maximum absolute atomic E-state index is 12.0. The Balaban J connectivity index is 0.000000500. The lowest BCUT2D eigenvalue weighted by Crippen LogP contribution is -1.98. The average Bonchev–Trinajstić information content (AvgIpc) is 2.13. The Labute approximate surface area is 93.3 Å². The van der Waals surface area contributed by atoms with Crippen LogP contribution in [0.1, 0.15) is 0 Å². The highest BCUT2D eigenvalue weighted by Gasteiger charge is 2.18. The minimum Gasteiger partial charge on any atom is -0.309 e. The van der Waals surface area contributed by atoms with E-state index in [1.54, 1.807) is 0 Å². The molecule has 1 aromatic carbocycles. The molecule has 8 heteroatoms. The van der Waals surface area contributed by atoms with Crippen LogP contribution < -0.4 is 0 Å². The van der Waals surface area contributed by atoms with Gasteiger partial charge in [-0.25, -0.2) is 22.0 Å². The molecule has 0 aromatic heterocycles. The molecule has 0 atom stereocenters. The van der Waals surface area contributed by atoms with Gasteiger partial charge in [-0.05, 0) is 0 Å². The zero-order valence-electron chi connectivity index (χ0n) is 6.35. The van der Waals surface area contributed by atoms with Crippen molar-refractivity contribution >= 4 is 36.3 Å². The first-order valence-corrected chi connectivity index (χ1v) is 7.26. The van der Waals surface area contributed by atoms with Crippen molar-refractivity contribution in [2.75, 3.05) is 0 Å². The van der Waals surface area contributed by atoms with Gasteiger partial charge in [0, 0.05) is 0 Å². The largest absolute Gasteiger partial charge is 0.618 e. The molecule has 0 aliphatic rings. The summed E-state index contributed by atoms with van der Waals surface area (Å²) in [7, 11) is 9.81. The van der Waals surface area contributed by atoms with Crippen LogP contribution in [0, 0.1) is 35.2 Å². The van der Waals surface area contributed by atoms with Gasteiger partial charge in [-0.15, -0.1) is 0 Å². The molecule has 0 aliphatic heterocycles. The number of hydrogen-bond donors (Lipinski definition) is 0. The second kappa shape index (κ2) is 6.65. The fourth-order valence-corrected chi connectivity index (χ4v) is 0.495. The molecular weight excluding hydrogens is 262 g/mol. The van der Waals surface area contributed by atoms with E-state index >= 15 is 0 Å². The van der Waals surface area contributed by atoms with E-state index in [1.165, 1.54) is 0 Å². The van der Waals surface area contributed by atoms with Gasteiger partial charge >= 0.3 is 18.2 Å². The molecule has 1 radical (unpaired) electrons. The lowest BCUT2D eigenvalue weighted by Gasteiger charge is -1.95. The molecule has 75 valence electrons. The van der Waals surface area contributed by atoms with Gasteiger partial charge < -0.3 is 18.1 Å². The lowest BCUT2D eigenvalue weighted by atomic mass is 10.3. The molecule has 0 bridgehead atoms. The molecule has 0 aliphatic carbocycles. The molecular formula is C6Cl2F5Mg. The normalized spacial score (nSPS) is 8.79. The Morgan fingerprint density at radius 2 is 1.07 bits per heavy atom. The van der Waals surface area contributed by atoms with Crippen molar-refractivity contribution in [2.45, 2.75) is 0 Å². The van der Waals surface area contributed by atoms with Crippen LogP contribution in [0.4, 0.5) is 22.0 Å². The van der Waals surface area contributed by atoms with Crippen LogP contribution in [0.5, 0.6) is 0 Å². The van der Waals surface area contributed by atoms with Crippen molar-refractivity contribution in [2.24, 2.45) is 0 Å². The SMILES string of the molecule is Fc1[c]c(F)c(F)c(F)c1F.[Cl][Mg][Cl]. The third kappa shape index (κ3) is 3.76. The van der Waals surface area contributed by atoms with Gasteiger partial charge in [-0.3, -0.25) is 0 Å². The van der Waals surface area contributed by atoms with E-state index in [-0.39, 0.29) is 0 Å². The van der Waals surface area contributed by atoms with Crippen LogP contribution in [-0.4, -0.2) is 18.2 Å². The van der Waals surface area contributed by atoms with Crippen molar-refractivity contribution in [1.29, 1.82) is 0 Å². The summed E-state index contributed by atoms with van der Waals surface area (Å²) in [6, 6.07) is 1.02. The van der Waals surface area contributed by atoms with Crippen molar-refractivity contribution in [3.63, 3.8) is 0 Å². The Morgan fingerprint density at radius 3 is 1.36 bits per heavy atom. The smallest absolute Gasteiger partial charge is 0.309 e. The summed E-state index contributed by atoms with van der Waals surface area (Å²) in [6.07, 6.45) is 0. The van der Waals surface area contributed by atoms with Crippen molar-refractivity contribution in [3.8, 4) is 0 Å². The molecule has 0 unspecified atom stereocenters. The second-order valence-electron chi connectivity index (χ2n) is 1.80. The van der Waals surface area contributed by atoms with E-state index in [4.69, 9.17) is 18.1 Å². The van der Waals surface area contributed by atoms with E-state index in [2.05, 4.69) is 0 Å². The maximum atomic E-state index is 12.0. The van der Waals surface area contributed by atoms with E-state index < -0.39 is 47.2 Å². The van der Waals surface area contributed by atoms with E-state index in [1.807, 2.05) is 0 Å². The summed E-state index contributed by atoms with van der Waals surface area (Å²) >= 11 is -0.639. The molecule has 0 saturated carbocycles. The molecule has 1 aromatic rings. The van der Waals surface area contributed by atoms with Gasteiger partial charge in [-0.1, -0.05) is 0 Å². The number of rotatable bonds is 0. The summed E-state index contributed by atoms with van der Waals surface area (Å²) < 4.78 is 59.9. The monoisotopic (exact) mass is 261 g/mol. The molecule has 1 rings (SSSR count). The highest BCUT2D eigenvalue weighted by molar-refractivity contribution is 7.22. The minimum atomic E-state index is -2.17. The van der Waals surface area contributed by atoms with Crippen molar-refractivity contribution < 1.29 is 22.0 Å². The Bertz CT molecular complexity index is 293. The average molecular weight is 262 g/mol. The van der Waals surface area contributed by atoms with Gasteiger partial charge in [0.25, 0.3) is 0 Å². The second-order valence-corrected chi connectivity index (χ2v) is 4.42. The fraction of sp³-hybridized carbons (Fsp3) is 0. The summed E-state index contributed by atoms with van der Waals surface area (Å²) in [4.78, 5) is 0. The highest BCUT2D eigenvalue weighted by atomic mass is 35.6. The van der Waals surface area contributed by atoms with Crippen LogP contribution in [0.25, 0.3) is 0 Å². The zero-order chi connectivity index (χ0) is 11.3. The van der Waals surface area contributed by atoms with Gasteiger partial charge in [0.1, 0.15) is 0 Å². The minimum absolute atomic E-state index is 0.639. The molecule has 0 nitrogen and oxygen atoms in total. The first kappa shape index (κ1) is 14.2. The molecule has 0 N–H and O–H groups in total. The first-order valence-electron chi connectivity index (χ1n) is 2.98. The Morgan fingerprint density at radius 1 is 0.786 bits per heavy atom. The van der Waals surface area contributed by atoms with E-state index in [0.29, 0.717) is 0 Å². The lowest BCUT2D eigenvalue weighted by molar-refractivity contribution is 0.377. The Kier molecular flexibility index (Phi) is 6.76. The summed E-state index contributed by atoms with van der Waals surface area (Å²) in [5.41, 5.74) is 0. The molecule has 14 heavy (non-hydrogen) atoms. The van der Waals surface area contributed by atoms with Gasteiger partial charge in [0.15, 0.2) is 23.3 Å².